The summed E-state index contributed by atoms with van der Waals surface area (Å²) in [6.45, 7) is 5.09. The van der Waals surface area contributed by atoms with E-state index < -0.39 is 0 Å². The first-order valence-corrected chi connectivity index (χ1v) is 9.68. The molecule has 3 rings (SSSR count). The lowest BCUT2D eigenvalue weighted by Crippen LogP contribution is -2.23. The minimum atomic E-state index is -0.223. The van der Waals surface area contributed by atoms with Crippen molar-refractivity contribution in [3.8, 4) is 6.07 Å². The average Bonchev–Trinajstić information content (AvgIpc) is 3.09. The summed E-state index contributed by atoms with van der Waals surface area (Å²) in [5.41, 5.74) is 2.85. The van der Waals surface area contributed by atoms with Gasteiger partial charge in [-0.05, 0) is 35.6 Å². The van der Waals surface area contributed by atoms with Crippen LogP contribution < -0.4 is 0 Å². The van der Waals surface area contributed by atoms with Crippen molar-refractivity contribution in [3.63, 3.8) is 0 Å². The number of nitrogens with zero attached hydrogens (tertiary/aromatic N) is 2. The standard InChI is InChI=1S/C23H26N2O3/c1-17(2)16-27-23(26)13-21-12-22(20-10-8-18(14-24)9-11-20)25(28-21)15-19-6-4-3-5-7-19/h3-11,17,21-22H,12-13,15-16H2,1-2H3. The Labute approximate surface area is 166 Å². The maximum absolute atomic E-state index is 12.1. The van der Waals surface area contributed by atoms with Crippen molar-refractivity contribution in [1.29, 1.82) is 5.26 Å². The number of carbonyl (C=O) groups is 1. The van der Waals surface area contributed by atoms with Gasteiger partial charge < -0.3 is 4.74 Å². The van der Waals surface area contributed by atoms with Crippen LogP contribution in [0.5, 0.6) is 0 Å². The molecule has 1 saturated heterocycles. The number of hydrogen-bond acceptors (Lipinski definition) is 5. The second-order valence-electron chi connectivity index (χ2n) is 7.55. The van der Waals surface area contributed by atoms with Crippen molar-refractivity contribution in [2.45, 2.75) is 45.4 Å². The van der Waals surface area contributed by atoms with Crippen LogP contribution in [0.1, 0.15) is 49.4 Å². The molecule has 0 aromatic heterocycles. The van der Waals surface area contributed by atoms with Crippen LogP contribution in [-0.4, -0.2) is 23.7 Å². The van der Waals surface area contributed by atoms with Gasteiger partial charge in [0.05, 0.1) is 36.8 Å². The third-order valence-electron chi connectivity index (χ3n) is 4.70. The van der Waals surface area contributed by atoms with Gasteiger partial charge in [-0.25, -0.2) is 0 Å². The molecule has 2 aromatic rings. The highest BCUT2D eigenvalue weighted by Gasteiger charge is 2.36. The fraction of sp³-hybridized carbons (Fsp3) is 0.391. The van der Waals surface area contributed by atoms with Crippen LogP contribution in [0.2, 0.25) is 0 Å². The van der Waals surface area contributed by atoms with E-state index in [4.69, 9.17) is 14.8 Å². The van der Waals surface area contributed by atoms with Gasteiger partial charge in [-0.15, -0.1) is 0 Å². The summed E-state index contributed by atoms with van der Waals surface area (Å²) in [6.07, 6.45) is 0.726. The van der Waals surface area contributed by atoms with E-state index in [9.17, 15) is 4.79 Å². The first-order valence-electron chi connectivity index (χ1n) is 9.68. The zero-order valence-corrected chi connectivity index (χ0v) is 16.4. The van der Waals surface area contributed by atoms with Crippen LogP contribution in [-0.2, 0) is 20.9 Å². The SMILES string of the molecule is CC(C)COC(=O)CC1CC(c2ccc(C#N)cc2)N(Cc2ccccc2)O1. The number of nitriles is 1. The van der Waals surface area contributed by atoms with Gasteiger partial charge in [-0.3, -0.25) is 9.63 Å². The van der Waals surface area contributed by atoms with Crippen molar-refractivity contribution < 1.29 is 14.4 Å². The van der Waals surface area contributed by atoms with Crippen molar-refractivity contribution in [2.75, 3.05) is 6.61 Å². The summed E-state index contributed by atoms with van der Waals surface area (Å²) in [5, 5.41) is 11.0. The molecule has 0 spiro atoms. The third-order valence-corrected chi connectivity index (χ3v) is 4.70. The van der Waals surface area contributed by atoms with Gasteiger partial charge in [0, 0.05) is 6.54 Å². The average molecular weight is 378 g/mol. The molecule has 0 radical (unpaired) electrons. The van der Waals surface area contributed by atoms with Crippen LogP contribution in [0.3, 0.4) is 0 Å². The van der Waals surface area contributed by atoms with Crippen molar-refractivity contribution in [3.05, 3.63) is 71.3 Å². The van der Waals surface area contributed by atoms with Crippen LogP contribution in [0.25, 0.3) is 0 Å². The van der Waals surface area contributed by atoms with Gasteiger partial charge in [-0.2, -0.15) is 10.3 Å². The van der Waals surface area contributed by atoms with E-state index in [1.54, 1.807) is 0 Å². The van der Waals surface area contributed by atoms with Gasteiger partial charge in [0.15, 0.2) is 0 Å². The molecule has 1 fully saturated rings. The summed E-state index contributed by atoms with van der Waals surface area (Å²) in [4.78, 5) is 18.3. The molecular formula is C23H26N2O3. The Morgan fingerprint density at radius 3 is 2.57 bits per heavy atom. The second-order valence-corrected chi connectivity index (χ2v) is 7.55. The Bertz CT molecular complexity index is 812. The Morgan fingerprint density at radius 1 is 1.21 bits per heavy atom. The molecule has 28 heavy (non-hydrogen) atoms. The monoisotopic (exact) mass is 378 g/mol. The lowest BCUT2D eigenvalue weighted by molar-refractivity contribution is -0.179. The van der Waals surface area contributed by atoms with E-state index in [0.717, 1.165) is 11.1 Å². The fourth-order valence-electron chi connectivity index (χ4n) is 3.29. The second kappa shape index (κ2) is 9.50. The number of rotatable bonds is 7. The van der Waals surface area contributed by atoms with Crippen LogP contribution in [0.15, 0.2) is 54.6 Å². The molecule has 0 saturated carbocycles. The molecule has 1 aliphatic heterocycles. The minimum Gasteiger partial charge on any atom is -0.465 e. The number of hydrogen-bond donors (Lipinski definition) is 0. The molecule has 1 aliphatic rings. The molecule has 1 heterocycles. The normalized spacial score (nSPS) is 19.5. The first-order chi connectivity index (χ1) is 13.5. The number of ether oxygens (including phenoxy) is 1. The largest absolute Gasteiger partial charge is 0.465 e. The third kappa shape index (κ3) is 5.41. The minimum absolute atomic E-state index is 0.0239. The molecule has 2 unspecified atom stereocenters. The van der Waals surface area contributed by atoms with Crippen molar-refractivity contribution in [2.24, 2.45) is 5.92 Å². The number of benzene rings is 2. The molecular weight excluding hydrogens is 352 g/mol. The zero-order valence-electron chi connectivity index (χ0n) is 16.4. The molecule has 0 N–H and O–H groups in total. The number of hydroxylamine groups is 2. The molecule has 0 bridgehead atoms. The van der Waals surface area contributed by atoms with Crippen LogP contribution in [0.4, 0.5) is 0 Å². The number of carbonyl (C=O) groups excluding carboxylic acids is 1. The predicted octanol–water partition coefficient (Wildman–Crippen LogP) is 4.39. The van der Waals surface area contributed by atoms with Crippen molar-refractivity contribution in [1.82, 2.24) is 5.06 Å². The lowest BCUT2D eigenvalue weighted by atomic mass is 9.99. The van der Waals surface area contributed by atoms with E-state index >= 15 is 0 Å². The molecule has 2 atom stereocenters. The van der Waals surface area contributed by atoms with E-state index in [0.29, 0.717) is 31.1 Å². The maximum atomic E-state index is 12.1. The maximum Gasteiger partial charge on any atom is 0.308 e. The zero-order chi connectivity index (χ0) is 19.9. The van der Waals surface area contributed by atoms with Gasteiger partial charge in [0.25, 0.3) is 0 Å². The quantitative estimate of drug-likeness (QED) is 0.669. The van der Waals surface area contributed by atoms with Gasteiger partial charge in [0.1, 0.15) is 0 Å². The summed E-state index contributed by atoms with van der Waals surface area (Å²) >= 11 is 0. The Kier molecular flexibility index (Phi) is 6.80. The summed E-state index contributed by atoms with van der Waals surface area (Å²) in [5.74, 6) is 0.0910. The highest BCUT2D eigenvalue weighted by atomic mass is 16.7. The van der Waals surface area contributed by atoms with E-state index in [2.05, 4.69) is 18.2 Å². The predicted molar refractivity (Wildman–Crippen MR) is 106 cm³/mol. The Balaban J connectivity index is 1.72. The summed E-state index contributed by atoms with van der Waals surface area (Å²) in [6, 6.07) is 19.8. The Hall–Kier alpha value is -2.68. The smallest absolute Gasteiger partial charge is 0.308 e. The van der Waals surface area contributed by atoms with E-state index in [-0.39, 0.29) is 24.5 Å². The lowest BCUT2D eigenvalue weighted by Gasteiger charge is -2.23. The molecule has 0 amide bonds. The molecule has 2 aromatic carbocycles. The molecule has 0 aliphatic carbocycles. The van der Waals surface area contributed by atoms with Crippen LogP contribution >= 0.6 is 0 Å². The Morgan fingerprint density at radius 2 is 1.93 bits per heavy atom. The van der Waals surface area contributed by atoms with Gasteiger partial charge in [-0.1, -0.05) is 56.3 Å². The topological polar surface area (TPSA) is 62.6 Å². The van der Waals surface area contributed by atoms with Gasteiger partial charge in [0.2, 0.25) is 0 Å². The summed E-state index contributed by atoms with van der Waals surface area (Å²) in [7, 11) is 0. The molecule has 5 heteroatoms. The molecule has 146 valence electrons. The highest BCUT2D eigenvalue weighted by molar-refractivity contribution is 5.70. The van der Waals surface area contributed by atoms with E-state index in [1.807, 2.05) is 61.4 Å². The summed E-state index contributed by atoms with van der Waals surface area (Å²) < 4.78 is 5.32. The highest BCUT2D eigenvalue weighted by Crippen LogP contribution is 2.36. The van der Waals surface area contributed by atoms with Crippen molar-refractivity contribution >= 4 is 5.97 Å². The molecule has 5 nitrogen and oxygen atoms in total. The first kappa shape index (κ1) is 20.1. The van der Waals surface area contributed by atoms with Gasteiger partial charge >= 0.3 is 5.97 Å². The van der Waals surface area contributed by atoms with Crippen LogP contribution in [0, 0.1) is 17.2 Å². The fourth-order valence-corrected chi connectivity index (χ4v) is 3.29. The van der Waals surface area contributed by atoms with E-state index in [1.165, 1.54) is 0 Å². The number of esters is 1.